The highest BCUT2D eigenvalue weighted by Gasteiger charge is 2.27. The Morgan fingerprint density at radius 2 is 1.58 bits per heavy atom. The summed E-state index contributed by atoms with van der Waals surface area (Å²) in [6.45, 7) is 1.50. The summed E-state index contributed by atoms with van der Waals surface area (Å²) in [7, 11) is 0. The number of nitrogens with zero attached hydrogens (tertiary/aromatic N) is 1. The third kappa shape index (κ3) is 4.24. The van der Waals surface area contributed by atoms with Gasteiger partial charge in [-0.25, -0.2) is 0 Å². The van der Waals surface area contributed by atoms with E-state index < -0.39 is 6.10 Å². The van der Waals surface area contributed by atoms with Crippen molar-refractivity contribution in [2.24, 2.45) is 5.92 Å². The summed E-state index contributed by atoms with van der Waals surface area (Å²) >= 11 is 0. The molecule has 2 aromatic carbocycles. The molecule has 1 aliphatic rings. The lowest BCUT2D eigenvalue weighted by Crippen LogP contribution is -2.39. The first-order valence-electron chi connectivity index (χ1n) is 8.79. The van der Waals surface area contributed by atoms with Crippen molar-refractivity contribution in [2.75, 3.05) is 13.1 Å². The Balaban J connectivity index is 1.47. The van der Waals surface area contributed by atoms with E-state index in [9.17, 15) is 9.90 Å². The minimum atomic E-state index is -0.423. The van der Waals surface area contributed by atoms with Crippen molar-refractivity contribution in [1.29, 1.82) is 0 Å². The van der Waals surface area contributed by atoms with Gasteiger partial charge in [0.15, 0.2) is 0 Å². The number of aliphatic hydroxyl groups is 1. The predicted octanol–water partition coefficient (Wildman–Crippen LogP) is 3.59. The molecule has 3 nitrogen and oxygen atoms in total. The van der Waals surface area contributed by atoms with Gasteiger partial charge in [-0.15, -0.1) is 0 Å². The van der Waals surface area contributed by atoms with Gasteiger partial charge in [0.05, 0.1) is 6.10 Å². The van der Waals surface area contributed by atoms with Gasteiger partial charge in [-0.3, -0.25) is 4.79 Å². The number of hydrogen-bond acceptors (Lipinski definition) is 2. The van der Waals surface area contributed by atoms with Gasteiger partial charge < -0.3 is 10.0 Å². The third-order valence-corrected chi connectivity index (χ3v) is 4.95. The van der Waals surface area contributed by atoms with Gasteiger partial charge >= 0.3 is 0 Å². The normalized spacial score (nSPS) is 16.8. The second-order valence-corrected chi connectivity index (χ2v) is 6.56. The van der Waals surface area contributed by atoms with Crippen molar-refractivity contribution < 1.29 is 9.90 Å². The third-order valence-electron chi connectivity index (χ3n) is 4.95. The van der Waals surface area contributed by atoms with Crippen molar-refractivity contribution >= 4 is 5.91 Å². The Labute approximate surface area is 143 Å². The van der Waals surface area contributed by atoms with E-state index in [0.29, 0.717) is 6.42 Å². The SMILES string of the molecule is O=C(CCc1ccccc1)N1CCC(C(O)c2ccccc2)CC1. The molecule has 1 saturated heterocycles. The van der Waals surface area contributed by atoms with Crippen LogP contribution >= 0.6 is 0 Å². The minimum absolute atomic E-state index is 0.228. The van der Waals surface area contributed by atoms with Crippen molar-refractivity contribution in [1.82, 2.24) is 4.90 Å². The quantitative estimate of drug-likeness (QED) is 0.913. The highest BCUT2D eigenvalue weighted by atomic mass is 16.3. The van der Waals surface area contributed by atoms with Gasteiger partial charge in [-0.05, 0) is 36.3 Å². The summed E-state index contributed by atoms with van der Waals surface area (Å²) < 4.78 is 0. The molecule has 1 unspecified atom stereocenters. The average Bonchev–Trinajstić information content (AvgIpc) is 2.67. The summed E-state index contributed by atoms with van der Waals surface area (Å²) in [4.78, 5) is 14.3. The lowest BCUT2D eigenvalue weighted by molar-refractivity contribution is -0.133. The van der Waals surface area contributed by atoms with Gasteiger partial charge in [-0.2, -0.15) is 0 Å². The molecule has 3 heteroatoms. The Hall–Kier alpha value is -2.13. The van der Waals surface area contributed by atoms with Crippen LogP contribution < -0.4 is 0 Å². The highest BCUT2D eigenvalue weighted by Crippen LogP contribution is 2.30. The Morgan fingerprint density at radius 1 is 1.00 bits per heavy atom. The summed E-state index contributed by atoms with van der Waals surface area (Å²) in [5, 5.41) is 10.5. The molecule has 1 N–H and O–H groups in total. The molecule has 1 heterocycles. The van der Waals surface area contributed by atoms with Crippen molar-refractivity contribution in [3.63, 3.8) is 0 Å². The second-order valence-electron chi connectivity index (χ2n) is 6.56. The van der Waals surface area contributed by atoms with Crippen LogP contribution in [0.3, 0.4) is 0 Å². The zero-order valence-electron chi connectivity index (χ0n) is 14.0. The van der Waals surface area contributed by atoms with Crippen LogP contribution in [0.15, 0.2) is 60.7 Å². The van der Waals surface area contributed by atoms with Crippen LogP contribution in [0.4, 0.5) is 0 Å². The number of carbonyl (C=O) groups is 1. The van der Waals surface area contributed by atoms with E-state index >= 15 is 0 Å². The van der Waals surface area contributed by atoms with Crippen LogP contribution in [0.2, 0.25) is 0 Å². The van der Waals surface area contributed by atoms with E-state index in [4.69, 9.17) is 0 Å². The minimum Gasteiger partial charge on any atom is -0.388 e. The molecule has 126 valence electrons. The van der Waals surface area contributed by atoms with Crippen LogP contribution in [0.5, 0.6) is 0 Å². The zero-order chi connectivity index (χ0) is 16.8. The number of carbonyl (C=O) groups excluding carboxylic acids is 1. The lowest BCUT2D eigenvalue weighted by atomic mass is 9.87. The molecule has 1 fully saturated rings. The van der Waals surface area contributed by atoms with Crippen LogP contribution in [0.25, 0.3) is 0 Å². The average molecular weight is 323 g/mol. The van der Waals surface area contributed by atoms with Crippen LogP contribution in [-0.2, 0) is 11.2 Å². The fourth-order valence-electron chi connectivity index (χ4n) is 3.44. The number of amides is 1. The lowest BCUT2D eigenvalue weighted by Gasteiger charge is -2.34. The van der Waals surface area contributed by atoms with Gasteiger partial charge in [0.2, 0.25) is 5.91 Å². The Kier molecular flexibility index (Phi) is 5.65. The van der Waals surface area contributed by atoms with E-state index in [1.807, 2.05) is 53.4 Å². The molecular formula is C21H25NO2. The first-order valence-corrected chi connectivity index (χ1v) is 8.79. The Morgan fingerprint density at radius 3 is 2.21 bits per heavy atom. The number of piperidine rings is 1. The maximum atomic E-state index is 12.4. The molecule has 0 aromatic heterocycles. The first kappa shape index (κ1) is 16.7. The monoisotopic (exact) mass is 323 g/mol. The molecule has 1 amide bonds. The number of rotatable bonds is 5. The topological polar surface area (TPSA) is 40.5 Å². The number of benzene rings is 2. The van der Waals surface area contributed by atoms with E-state index in [2.05, 4.69) is 12.1 Å². The molecule has 3 rings (SSSR count). The molecular weight excluding hydrogens is 298 g/mol. The molecule has 1 atom stereocenters. The number of hydrogen-bond donors (Lipinski definition) is 1. The van der Waals surface area contributed by atoms with Gasteiger partial charge in [0, 0.05) is 19.5 Å². The van der Waals surface area contributed by atoms with Crippen LogP contribution in [0, 0.1) is 5.92 Å². The standard InChI is InChI=1S/C21H25NO2/c23-20(12-11-17-7-3-1-4-8-17)22-15-13-19(14-16-22)21(24)18-9-5-2-6-10-18/h1-10,19,21,24H,11-16H2. The molecule has 0 aliphatic carbocycles. The molecule has 1 aliphatic heterocycles. The fourth-order valence-corrected chi connectivity index (χ4v) is 3.44. The molecule has 0 spiro atoms. The summed E-state index contributed by atoms with van der Waals surface area (Å²) in [6.07, 6.45) is 2.68. The van der Waals surface area contributed by atoms with Gasteiger partial charge in [0.1, 0.15) is 0 Å². The van der Waals surface area contributed by atoms with Crippen molar-refractivity contribution in [3.8, 4) is 0 Å². The molecule has 0 saturated carbocycles. The maximum Gasteiger partial charge on any atom is 0.222 e. The Bertz CT molecular complexity index is 633. The zero-order valence-corrected chi connectivity index (χ0v) is 14.0. The number of likely N-dealkylation sites (tertiary alicyclic amines) is 1. The van der Waals surface area contributed by atoms with E-state index in [0.717, 1.165) is 37.9 Å². The van der Waals surface area contributed by atoms with E-state index in [1.165, 1.54) is 5.56 Å². The second kappa shape index (κ2) is 8.11. The predicted molar refractivity (Wildman–Crippen MR) is 95.5 cm³/mol. The highest BCUT2D eigenvalue weighted by molar-refractivity contribution is 5.76. The number of aliphatic hydroxyl groups excluding tert-OH is 1. The van der Waals surface area contributed by atoms with Crippen molar-refractivity contribution in [2.45, 2.75) is 31.8 Å². The van der Waals surface area contributed by atoms with E-state index in [-0.39, 0.29) is 11.8 Å². The summed E-state index contributed by atoms with van der Waals surface area (Å²) in [6, 6.07) is 20.0. The van der Waals surface area contributed by atoms with Crippen LogP contribution in [0.1, 0.15) is 36.5 Å². The molecule has 24 heavy (non-hydrogen) atoms. The maximum absolute atomic E-state index is 12.4. The molecule has 2 aromatic rings. The van der Waals surface area contributed by atoms with E-state index in [1.54, 1.807) is 0 Å². The largest absolute Gasteiger partial charge is 0.388 e. The van der Waals surface area contributed by atoms with Gasteiger partial charge in [-0.1, -0.05) is 60.7 Å². The molecule has 0 bridgehead atoms. The molecule has 0 radical (unpaired) electrons. The van der Waals surface area contributed by atoms with Crippen LogP contribution in [-0.4, -0.2) is 29.0 Å². The fraction of sp³-hybridized carbons (Fsp3) is 0.381. The first-order chi connectivity index (χ1) is 11.7. The number of aryl methyl sites for hydroxylation is 1. The summed E-state index contributed by atoms with van der Waals surface area (Å²) in [5.74, 6) is 0.470. The summed E-state index contributed by atoms with van der Waals surface area (Å²) in [5.41, 5.74) is 2.19. The smallest absolute Gasteiger partial charge is 0.222 e. The van der Waals surface area contributed by atoms with Crippen molar-refractivity contribution in [3.05, 3.63) is 71.8 Å². The van der Waals surface area contributed by atoms with Gasteiger partial charge in [0.25, 0.3) is 0 Å².